The summed E-state index contributed by atoms with van der Waals surface area (Å²) in [4.78, 5) is 2.36. The number of aliphatic hydroxyl groups is 1. The molecule has 0 saturated carbocycles. The molecule has 114 valence electrons. The highest BCUT2D eigenvalue weighted by molar-refractivity contribution is 7.07. The highest BCUT2D eigenvalue weighted by atomic mass is 32.1. The van der Waals surface area contributed by atoms with E-state index >= 15 is 0 Å². The smallest absolute Gasteiger partial charge is 0.0900 e. The Balaban J connectivity index is 1.69. The number of nitrogens with zero attached hydrogens (tertiary/aromatic N) is 1. The van der Waals surface area contributed by atoms with Crippen LogP contribution < -0.4 is 0 Å². The molecule has 0 spiro atoms. The molecular formula is C16H27NO2S. The molecule has 1 fully saturated rings. The second-order valence-electron chi connectivity index (χ2n) is 6.71. The van der Waals surface area contributed by atoms with Crippen LogP contribution >= 0.6 is 11.3 Å². The van der Waals surface area contributed by atoms with Gasteiger partial charge >= 0.3 is 0 Å². The lowest BCUT2D eigenvalue weighted by molar-refractivity contribution is -0.0573. The number of hydrogen-bond donors (Lipinski definition) is 1. The van der Waals surface area contributed by atoms with E-state index in [4.69, 9.17) is 4.74 Å². The third kappa shape index (κ3) is 5.17. The molecule has 0 radical (unpaired) electrons. The van der Waals surface area contributed by atoms with Crippen molar-refractivity contribution in [2.75, 3.05) is 26.2 Å². The first kappa shape index (κ1) is 16.0. The summed E-state index contributed by atoms with van der Waals surface area (Å²) < 4.78 is 5.64. The molecule has 3 nitrogen and oxygen atoms in total. The van der Waals surface area contributed by atoms with Gasteiger partial charge in [-0.05, 0) is 75.0 Å². The predicted molar refractivity (Wildman–Crippen MR) is 84.4 cm³/mol. The van der Waals surface area contributed by atoms with Crippen LogP contribution in [0.15, 0.2) is 16.8 Å². The van der Waals surface area contributed by atoms with Crippen molar-refractivity contribution in [3.63, 3.8) is 0 Å². The second kappa shape index (κ2) is 7.03. The topological polar surface area (TPSA) is 32.7 Å². The van der Waals surface area contributed by atoms with E-state index in [9.17, 15) is 5.11 Å². The molecule has 0 unspecified atom stereocenters. The highest BCUT2D eigenvalue weighted by Crippen LogP contribution is 2.29. The van der Waals surface area contributed by atoms with Crippen molar-refractivity contribution in [1.29, 1.82) is 0 Å². The van der Waals surface area contributed by atoms with Crippen LogP contribution in [0.2, 0.25) is 0 Å². The number of ether oxygens (including phenoxy) is 1. The average molecular weight is 297 g/mol. The monoisotopic (exact) mass is 297 g/mol. The summed E-state index contributed by atoms with van der Waals surface area (Å²) >= 11 is 1.78. The van der Waals surface area contributed by atoms with E-state index in [1.165, 1.54) is 18.4 Å². The van der Waals surface area contributed by atoms with E-state index in [0.717, 1.165) is 19.6 Å². The number of piperidine rings is 1. The Kier molecular flexibility index (Phi) is 5.61. The van der Waals surface area contributed by atoms with Crippen LogP contribution in [0.3, 0.4) is 0 Å². The van der Waals surface area contributed by atoms with Crippen molar-refractivity contribution in [1.82, 2.24) is 4.90 Å². The summed E-state index contributed by atoms with van der Waals surface area (Å²) in [7, 11) is 0. The fourth-order valence-electron chi connectivity index (χ4n) is 2.65. The van der Waals surface area contributed by atoms with Gasteiger partial charge in [-0.3, -0.25) is 0 Å². The summed E-state index contributed by atoms with van der Waals surface area (Å²) in [5.74, 6) is 0.709. The maximum atomic E-state index is 10.0. The predicted octanol–water partition coefficient (Wildman–Crippen LogP) is 3.10. The second-order valence-corrected chi connectivity index (χ2v) is 7.49. The minimum absolute atomic E-state index is 0.174. The molecule has 2 heterocycles. The Bertz CT molecular complexity index is 378. The van der Waals surface area contributed by atoms with Crippen LogP contribution in [0.25, 0.3) is 0 Å². The molecule has 2 rings (SSSR count). The molecule has 0 aliphatic carbocycles. The lowest BCUT2D eigenvalue weighted by atomic mass is 9.91. The molecule has 1 aliphatic heterocycles. The third-order valence-corrected chi connectivity index (χ3v) is 4.48. The number of likely N-dealkylation sites (tertiary alicyclic amines) is 1. The van der Waals surface area contributed by atoms with E-state index in [1.807, 2.05) is 20.8 Å². The molecule has 1 aliphatic rings. The fourth-order valence-corrected chi connectivity index (χ4v) is 3.40. The summed E-state index contributed by atoms with van der Waals surface area (Å²) in [6.07, 6.45) is 2.01. The van der Waals surface area contributed by atoms with Crippen molar-refractivity contribution in [2.45, 2.75) is 51.2 Å². The molecule has 1 saturated heterocycles. The van der Waals surface area contributed by atoms with Crippen LogP contribution in [0.4, 0.5) is 0 Å². The molecular weight excluding hydrogens is 270 g/mol. The van der Waals surface area contributed by atoms with Crippen molar-refractivity contribution in [3.05, 3.63) is 22.4 Å². The van der Waals surface area contributed by atoms with Crippen LogP contribution in [0, 0.1) is 0 Å². The van der Waals surface area contributed by atoms with E-state index in [-0.39, 0.29) is 11.7 Å². The average Bonchev–Trinajstić information content (AvgIpc) is 2.90. The van der Waals surface area contributed by atoms with Crippen LogP contribution in [-0.4, -0.2) is 48.0 Å². The minimum Gasteiger partial charge on any atom is -0.389 e. The molecule has 1 N–H and O–H groups in total. The van der Waals surface area contributed by atoms with Crippen LogP contribution in [0.1, 0.15) is 45.1 Å². The van der Waals surface area contributed by atoms with Gasteiger partial charge in [-0.1, -0.05) is 0 Å². The molecule has 1 atom stereocenters. The zero-order valence-corrected chi connectivity index (χ0v) is 13.7. The lowest BCUT2D eigenvalue weighted by Gasteiger charge is -2.33. The van der Waals surface area contributed by atoms with Gasteiger partial charge in [0.15, 0.2) is 0 Å². The fraction of sp³-hybridized carbons (Fsp3) is 0.750. The molecule has 1 aromatic heterocycles. The number of β-amino-alcohol motifs (C(OH)–C–C–N with tert-alkyl or cyclic N) is 1. The van der Waals surface area contributed by atoms with Gasteiger partial charge in [-0.25, -0.2) is 0 Å². The Morgan fingerprint density at radius 1 is 1.40 bits per heavy atom. The van der Waals surface area contributed by atoms with Gasteiger partial charge in [-0.15, -0.1) is 0 Å². The SMILES string of the molecule is CC(C)(C)OC[C@H](O)CN1CCC(c2ccsc2)CC1. The van der Waals surface area contributed by atoms with Crippen molar-refractivity contribution >= 4 is 11.3 Å². The summed E-state index contributed by atoms with van der Waals surface area (Å²) in [5, 5.41) is 14.5. The van der Waals surface area contributed by atoms with Gasteiger partial charge in [0.2, 0.25) is 0 Å². The van der Waals surface area contributed by atoms with Crippen molar-refractivity contribution in [2.24, 2.45) is 0 Å². The number of thiophene rings is 1. The Labute approximate surface area is 126 Å². The van der Waals surface area contributed by atoms with E-state index < -0.39 is 0 Å². The third-order valence-electron chi connectivity index (χ3n) is 3.78. The van der Waals surface area contributed by atoms with Gasteiger partial charge in [0.05, 0.1) is 18.3 Å². The first-order valence-electron chi connectivity index (χ1n) is 7.50. The van der Waals surface area contributed by atoms with Crippen LogP contribution in [-0.2, 0) is 4.74 Å². The minimum atomic E-state index is -0.382. The number of rotatable bonds is 5. The lowest BCUT2D eigenvalue weighted by Crippen LogP contribution is -2.40. The molecule has 0 aromatic carbocycles. The Morgan fingerprint density at radius 2 is 2.10 bits per heavy atom. The molecule has 0 amide bonds. The summed E-state index contributed by atoms with van der Waals surface area (Å²) in [6.45, 7) is 9.37. The standard InChI is InChI=1S/C16H27NO2S/c1-16(2,3)19-11-15(18)10-17-7-4-13(5-8-17)14-6-9-20-12-14/h6,9,12-13,15,18H,4-5,7-8,10-11H2,1-3H3/t15-/m1/s1. The van der Waals surface area contributed by atoms with Gasteiger partial charge < -0.3 is 14.7 Å². The van der Waals surface area contributed by atoms with E-state index in [2.05, 4.69) is 21.7 Å². The van der Waals surface area contributed by atoms with Gasteiger partial charge in [0, 0.05) is 6.54 Å². The zero-order chi connectivity index (χ0) is 14.6. The van der Waals surface area contributed by atoms with Gasteiger partial charge in [0.1, 0.15) is 0 Å². The van der Waals surface area contributed by atoms with Gasteiger partial charge in [-0.2, -0.15) is 11.3 Å². The molecule has 20 heavy (non-hydrogen) atoms. The maximum absolute atomic E-state index is 10.0. The normalized spacial score (nSPS) is 20.2. The number of aliphatic hydroxyl groups excluding tert-OH is 1. The quantitative estimate of drug-likeness (QED) is 0.906. The van der Waals surface area contributed by atoms with Crippen LogP contribution in [0.5, 0.6) is 0 Å². The Hall–Kier alpha value is -0.420. The van der Waals surface area contributed by atoms with Crippen molar-refractivity contribution < 1.29 is 9.84 Å². The molecule has 4 heteroatoms. The highest BCUT2D eigenvalue weighted by Gasteiger charge is 2.23. The molecule has 1 aromatic rings. The first-order chi connectivity index (χ1) is 9.44. The first-order valence-corrected chi connectivity index (χ1v) is 8.45. The van der Waals surface area contributed by atoms with Gasteiger partial charge in [0.25, 0.3) is 0 Å². The Morgan fingerprint density at radius 3 is 2.65 bits per heavy atom. The largest absolute Gasteiger partial charge is 0.389 e. The summed E-state index contributed by atoms with van der Waals surface area (Å²) in [6, 6.07) is 2.25. The van der Waals surface area contributed by atoms with E-state index in [0.29, 0.717) is 12.5 Å². The number of hydrogen-bond acceptors (Lipinski definition) is 4. The van der Waals surface area contributed by atoms with Crippen molar-refractivity contribution in [3.8, 4) is 0 Å². The maximum Gasteiger partial charge on any atom is 0.0900 e. The zero-order valence-electron chi connectivity index (χ0n) is 12.8. The molecule has 0 bridgehead atoms. The summed E-state index contributed by atoms with van der Waals surface area (Å²) in [5.41, 5.74) is 1.32. The van der Waals surface area contributed by atoms with E-state index in [1.54, 1.807) is 11.3 Å².